The molecule has 5 rings (SSSR count). The quantitative estimate of drug-likeness (QED) is 0.136. The maximum atomic E-state index is 13.5. The van der Waals surface area contributed by atoms with Gasteiger partial charge < -0.3 is 15.4 Å². The third-order valence-corrected chi connectivity index (χ3v) is 9.22. The van der Waals surface area contributed by atoms with E-state index in [1.807, 2.05) is 0 Å². The van der Waals surface area contributed by atoms with Gasteiger partial charge in [0.1, 0.15) is 11.4 Å². The SMILES string of the molecule is COc1cc(/C=C(\NC(=O)c2ccccc2)C(=O)Nc2cccc(SC3CC(=O)N(c4ccc(Cl)c(Cl)c4)C3=O)c2)ccc1Br. The molecule has 8 nitrogen and oxygen atoms in total. The van der Waals surface area contributed by atoms with Gasteiger partial charge in [0.25, 0.3) is 11.8 Å². The molecule has 12 heteroatoms. The standard InChI is InChI=1S/C33H24BrCl2N3O5S/c1-44-28-15-19(10-12-24(28)34)14-27(38-31(41)20-6-3-2-4-7-20)32(42)37-21-8-5-9-23(16-21)45-29-18-30(40)39(33(29)43)22-11-13-25(35)26(36)17-22/h2-17,29H,18H2,1H3,(H,37,42)(H,38,41)/b27-14-. The molecule has 0 bridgehead atoms. The van der Waals surface area contributed by atoms with Gasteiger partial charge in [-0.25, -0.2) is 4.90 Å². The molecule has 0 saturated carbocycles. The molecule has 1 heterocycles. The molecule has 1 aliphatic rings. The zero-order chi connectivity index (χ0) is 32.1. The molecular formula is C33H24BrCl2N3O5S. The molecule has 228 valence electrons. The number of hydrogen-bond acceptors (Lipinski definition) is 6. The predicted octanol–water partition coefficient (Wildman–Crippen LogP) is 7.60. The molecule has 4 aromatic rings. The van der Waals surface area contributed by atoms with E-state index in [0.29, 0.717) is 38.2 Å². The summed E-state index contributed by atoms with van der Waals surface area (Å²) in [7, 11) is 1.53. The third-order valence-electron chi connectivity index (χ3n) is 6.65. The van der Waals surface area contributed by atoms with Gasteiger partial charge in [-0.05, 0) is 88.2 Å². The van der Waals surface area contributed by atoms with Crippen molar-refractivity contribution in [2.75, 3.05) is 17.3 Å². The third kappa shape index (κ3) is 7.77. The van der Waals surface area contributed by atoms with Crippen LogP contribution >= 0.6 is 50.9 Å². The Bertz CT molecular complexity index is 1840. The fourth-order valence-corrected chi connectivity index (χ4v) is 6.29. The Morgan fingerprint density at radius 2 is 1.73 bits per heavy atom. The predicted molar refractivity (Wildman–Crippen MR) is 181 cm³/mol. The number of benzene rings is 4. The van der Waals surface area contributed by atoms with Crippen LogP contribution in [0.15, 0.2) is 106 Å². The molecule has 1 atom stereocenters. The minimum Gasteiger partial charge on any atom is -0.496 e. The van der Waals surface area contributed by atoms with Crippen LogP contribution in [0.25, 0.3) is 6.08 Å². The lowest BCUT2D eigenvalue weighted by Crippen LogP contribution is -2.31. The zero-order valence-electron chi connectivity index (χ0n) is 23.6. The molecule has 1 aliphatic heterocycles. The van der Waals surface area contributed by atoms with Crippen LogP contribution in [0.2, 0.25) is 10.0 Å². The molecule has 2 N–H and O–H groups in total. The highest BCUT2D eigenvalue weighted by atomic mass is 79.9. The van der Waals surface area contributed by atoms with Crippen molar-refractivity contribution in [3.63, 3.8) is 0 Å². The van der Waals surface area contributed by atoms with Crippen molar-refractivity contribution >= 4 is 92.0 Å². The molecule has 1 saturated heterocycles. The Balaban J connectivity index is 1.35. The minimum absolute atomic E-state index is 0.000110. The summed E-state index contributed by atoms with van der Waals surface area (Å²) in [6.07, 6.45) is 1.54. The van der Waals surface area contributed by atoms with Crippen molar-refractivity contribution in [3.8, 4) is 5.75 Å². The Hall–Kier alpha value is -4.09. The number of anilines is 2. The van der Waals surface area contributed by atoms with Gasteiger partial charge in [-0.2, -0.15) is 0 Å². The van der Waals surface area contributed by atoms with Crippen LogP contribution in [-0.4, -0.2) is 36.0 Å². The fourth-order valence-electron chi connectivity index (χ4n) is 4.48. The van der Waals surface area contributed by atoms with Crippen LogP contribution < -0.4 is 20.3 Å². The van der Waals surface area contributed by atoms with E-state index in [1.54, 1.807) is 84.9 Å². The van der Waals surface area contributed by atoms with Gasteiger partial charge >= 0.3 is 0 Å². The lowest BCUT2D eigenvalue weighted by Gasteiger charge is -2.16. The largest absolute Gasteiger partial charge is 0.496 e. The number of methoxy groups -OCH3 is 1. The molecule has 4 amide bonds. The molecule has 1 unspecified atom stereocenters. The highest BCUT2D eigenvalue weighted by Gasteiger charge is 2.40. The molecule has 45 heavy (non-hydrogen) atoms. The van der Waals surface area contributed by atoms with Crippen LogP contribution in [-0.2, 0) is 14.4 Å². The zero-order valence-corrected chi connectivity index (χ0v) is 27.5. The number of ether oxygens (including phenoxy) is 1. The van der Waals surface area contributed by atoms with Gasteiger partial charge in [0, 0.05) is 22.6 Å². The maximum Gasteiger partial charge on any atom is 0.272 e. The van der Waals surface area contributed by atoms with E-state index in [0.717, 1.165) is 9.37 Å². The number of carbonyl (C=O) groups is 4. The summed E-state index contributed by atoms with van der Waals surface area (Å²) in [5.74, 6) is -1.20. The van der Waals surface area contributed by atoms with E-state index in [9.17, 15) is 19.2 Å². The second-order valence-corrected chi connectivity index (χ2v) is 12.7. The molecule has 0 spiro atoms. The summed E-state index contributed by atoms with van der Waals surface area (Å²) in [4.78, 5) is 54.3. The maximum absolute atomic E-state index is 13.5. The molecule has 4 aromatic carbocycles. The lowest BCUT2D eigenvalue weighted by atomic mass is 10.1. The van der Waals surface area contributed by atoms with E-state index in [2.05, 4.69) is 26.6 Å². The Kier molecular flexibility index (Phi) is 10.3. The molecule has 1 fully saturated rings. The van der Waals surface area contributed by atoms with E-state index in [4.69, 9.17) is 27.9 Å². The smallest absolute Gasteiger partial charge is 0.272 e. The minimum atomic E-state index is -0.675. The number of carbonyl (C=O) groups excluding carboxylic acids is 4. The van der Waals surface area contributed by atoms with Crippen LogP contribution in [0.4, 0.5) is 11.4 Å². The Labute approximate surface area is 281 Å². The van der Waals surface area contributed by atoms with Gasteiger partial charge in [-0.3, -0.25) is 19.2 Å². The van der Waals surface area contributed by atoms with Crippen molar-refractivity contribution < 1.29 is 23.9 Å². The van der Waals surface area contributed by atoms with Gasteiger partial charge in [0.15, 0.2) is 0 Å². The first-order valence-corrected chi connectivity index (χ1v) is 15.9. The van der Waals surface area contributed by atoms with Gasteiger partial charge in [-0.1, -0.05) is 53.5 Å². The summed E-state index contributed by atoms with van der Waals surface area (Å²) in [6, 6.07) is 25.3. The average molecular weight is 725 g/mol. The number of halogens is 3. The Morgan fingerprint density at radius 3 is 2.47 bits per heavy atom. The van der Waals surface area contributed by atoms with Crippen LogP contribution in [0, 0.1) is 0 Å². The van der Waals surface area contributed by atoms with Crippen LogP contribution in [0.3, 0.4) is 0 Å². The number of nitrogens with zero attached hydrogens (tertiary/aromatic N) is 1. The van der Waals surface area contributed by atoms with Gasteiger partial charge in [0.2, 0.25) is 11.8 Å². The number of nitrogens with one attached hydrogen (secondary N) is 2. The summed E-state index contributed by atoms with van der Waals surface area (Å²) in [6.45, 7) is 0. The van der Waals surface area contributed by atoms with Crippen molar-refractivity contribution in [2.45, 2.75) is 16.6 Å². The fraction of sp³-hybridized carbons (Fsp3) is 0.0909. The molecular weight excluding hydrogens is 701 g/mol. The molecule has 0 aromatic heterocycles. The number of hydrogen-bond donors (Lipinski definition) is 2. The number of amides is 4. The second-order valence-electron chi connectivity index (χ2n) is 9.73. The number of imide groups is 1. The normalized spacial score (nSPS) is 14.8. The summed E-state index contributed by atoms with van der Waals surface area (Å²) >= 11 is 16.7. The van der Waals surface area contributed by atoms with E-state index in [1.165, 1.54) is 31.0 Å². The van der Waals surface area contributed by atoms with Crippen molar-refractivity contribution in [1.29, 1.82) is 0 Å². The van der Waals surface area contributed by atoms with E-state index < -0.39 is 17.1 Å². The van der Waals surface area contributed by atoms with Crippen molar-refractivity contribution in [2.24, 2.45) is 0 Å². The van der Waals surface area contributed by atoms with Crippen molar-refractivity contribution in [1.82, 2.24) is 5.32 Å². The topological polar surface area (TPSA) is 105 Å². The second kappa shape index (κ2) is 14.3. The average Bonchev–Trinajstić information content (AvgIpc) is 3.31. The Morgan fingerprint density at radius 1 is 0.956 bits per heavy atom. The highest BCUT2D eigenvalue weighted by Crippen LogP contribution is 2.36. The number of rotatable bonds is 9. The van der Waals surface area contributed by atoms with Crippen LogP contribution in [0.1, 0.15) is 22.3 Å². The van der Waals surface area contributed by atoms with E-state index >= 15 is 0 Å². The number of thioether (sulfide) groups is 1. The van der Waals surface area contributed by atoms with E-state index in [-0.39, 0.29) is 29.0 Å². The molecule has 0 radical (unpaired) electrons. The van der Waals surface area contributed by atoms with Crippen molar-refractivity contribution in [3.05, 3.63) is 122 Å². The monoisotopic (exact) mass is 723 g/mol. The summed E-state index contributed by atoms with van der Waals surface area (Å²) < 4.78 is 6.11. The summed E-state index contributed by atoms with van der Waals surface area (Å²) in [5.41, 5.74) is 1.78. The first kappa shape index (κ1) is 32.3. The van der Waals surface area contributed by atoms with Gasteiger partial charge in [0.05, 0.1) is 32.6 Å². The lowest BCUT2D eigenvalue weighted by molar-refractivity contribution is -0.121. The first-order valence-electron chi connectivity index (χ1n) is 13.4. The summed E-state index contributed by atoms with van der Waals surface area (Å²) in [5, 5.41) is 5.42. The molecule has 0 aliphatic carbocycles. The van der Waals surface area contributed by atoms with Gasteiger partial charge in [-0.15, -0.1) is 11.8 Å². The van der Waals surface area contributed by atoms with Crippen LogP contribution in [0.5, 0.6) is 5.75 Å². The first-order chi connectivity index (χ1) is 21.6. The highest BCUT2D eigenvalue weighted by molar-refractivity contribution is 9.10.